The minimum absolute atomic E-state index is 0.107. The molecule has 1 aliphatic carbocycles. The number of carbonyl (C=O) groups is 3. The Bertz CT molecular complexity index is 1250. The molecule has 6 heteroatoms. The largest absolute Gasteiger partial charge is 0.507 e. The highest BCUT2D eigenvalue weighted by molar-refractivity contribution is 6.52. The van der Waals surface area contributed by atoms with Crippen molar-refractivity contribution in [3.63, 3.8) is 0 Å². The number of aliphatic hydroxyl groups is 1. The molecular formula is C25H20O6. The first-order chi connectivity index (χ1) is 15.0. The number of benzene rings is 3. The number of ether oxygens (including phenoxy) is 2. The maximum atomic E-state index is 13.1. The van der Waals surface area contributed by atoms with Gasteiger partial charge in [0, 0.05) is 22.4 Å². The molecule has 6 nitrogen and oxygen atoms in total. The fourth-order valence-corrected chi connectivity index (χ4v) is 4.10. The zero-order chi connectivity index (χ0) is 22.1. The normalized spacial score (nSPS) is 14.4. The minimum Gasteiger partial charge on any atom is -0.507 e. The first-order valence-electron chi connectivity index (χ1n) is 9.72. The quantitative estimate of drug-likeness (QED) is 0.495. The number of esters is 1. The van der Waals surface area contributed by atoms with Gasteiger partial charge in [-0.3, -0.25) is 14.4 Å². The lowest BCUT2D eigenvalue weighted by Crippen LogP contribution is -2.28. The predicted molar refractivity (Wildman–Crippen MR) is 115 cm³/mol. The minimum atomic E-state index is -0.881. The first kappa shape index (κ1) is 20.3. The van der Waals surface area contributed by atoms with Crippen LogP contribution in [0.2, 0.25) is 0 Å². The highest BCUT2D eigenvalue weighted by Gasteiger charge is 2.39. The fourth-order valence-electron chi connectivity index (χ4n) is 4.10. The molecule has 0 amide bonds. The number of allylic oxidation sites excluding steroid dienone is 1. The standard InChI is InChI=1S/C25H20O6/c1-30-20-12-11-15(14-7-3-4-8-16(14)20)19(13-21(26)31-2)22-23(27)17-9-5-6-10-18(17)24(28)25(22)29/h3-12,19,27H,13H2,1-2H3. The molecule has 3 aromatic carbocycles. The first-order valence-corrected chi connectivity index (χ1v) is 9.72. The maximum absolute atomic E-state index is 13.1. The predicted octanol–water partition coefficient (Wildman–Crippen LogP) is 4.23. The third-order valence-corrected chi connectivity index (χ3v) is 5.59. The van der Waals surface area contributed by atoms with E-state index in [1.165, 1.54) is 13.2 Å². The molecule has 0 aromatic heterocycles. The zero-order valence-corrected chi connectivity index (χ0v) is 17.0. The van der Waals surface area contributed by atoms with Gasteiger partial charge in [0.2, 0.25) is 11.6 Å². The smallest absolute Gasteiger partial charge is 0.306 e. The number of methoxy groups -OCH3 is 2. The third-order valence-electron chi connectivity index (χ3n) is 5.59. The summed E-state index contributed by atoms with van der Waals surface area (Å²) in [5.74, 6) is -2.65. The van der Waals surface area contributed by atoms with Crippen molar-refractivity contribution in [3.8, 4) is 5.75 Å². The van der Waals surface area contributed by atoms with Gasteiger partial charge in [0.1, 0.15) is 11.5 Å². The second-order valence-electron chi connectivity index (χ2n) is 7.20. The SMILES string of the molecule is COC(=O)CC(C1=C(O)c2ccccc2C(=O)C1=O)c1ccc(OC)c2ccccc12. The van der Waals surface area contributed by atoms with Crippen LogP contribution in [0.3, 0.4) is 0 Å². The van der Waals surface area contributed by atoms with E-state index in [0.717, 1.165) is 10.8 Å². The number of aliphatic hydroxyl groups excluding tert-OH is 1. The van der Waals surface area contributed by atoms with E-state index >= 15 is 0 Å². The van der Waals surface area contributed by atoms with Crippen LogP contribution in [0.4, 0.5) is 0 Å². The summed E-state index contributed by atoms with van der Waals surface area (Å²) >= 11 is 0. The number of hydrogen-bond acceptors (Lipinski definition) is 6. The van der Waals surface area contributed by atoms with Crippen LogP contribution in [0.25, 0.3) is 16.5 Å². The average molecular weight is 416 g/mol. The van der Waals surface area contributed by atoms with E-state index in [1.807, 2.05) is 24.3 Å². The van der Waals surface area contributed by atoms with Crippen LogP contribution in [0.5, 0.6) is 5.75 Å². The van der Waals surface area contributed by atoms with Crippen LogP contribution >= 0.6 is 0 Å². The molecule has 0 saturated heterocycles. The zero-order valence-electron chi connectivity index (χ0n) is 17.0. The van der Waals surface area contributed by atoms with E-state index in [1.54, 1.807) is 37.4 Å². The van der Waals surface area contributed by atoms with E-state index in [2.05, 4.69) is 0 Å². The summed E-state index contributed by atoms with van der Waals surface area (Å²) in [6.07, 6.45) is -0.215. The lowest BCUT2D eigenvalue weighted by Gasteiger charge is -2.25. The molecule has 4 rings (SSSR count). The highest BCUT2D eigenvalue weighted by atomic mass is 16.5. The molecule has 1 N–H and O–H groups in total. The Balaban J connectivity index is 2.00. The van der Waals surface area contributed by atoms with Crippen molar-refractivity contribution in [1.29, 1.82) is 0 Å². The molecule has 1 aliphatic rings. The van der Waals surface area contributed by atoms with E-state index < -0.39 is 23.5 Å². The molecule has 0 bridgehead atoms. The Morgan fingerprint density at radius 1 is 0.871 bits per heavy atom. The topological polar surface area (TPSA) is 89.9 Å². The molecule has 0 saturated carbocycles. The maximum Gasteiger partial charge on any atom is 0.306 e. The van der Waals surface area contributed by atoms with Gasteiger partial charge < -0.3 is 14.6 Å². The molecule has 1 atom stereocenters. The summed E-state index contributed by atoms with van der Waals surface area (Å²) in [7, 11) is 2.81. The second-order valence-corrected chi connectivity index (χ2v) is 7.20. The Kier molecular flexibility index (Phi) is 5.29. The average Bonchev–Trinajstić information content (AvgIpc) is 2.81. The van der Waals surface area contributed by atoms with E-state index in [-0.39, 0.29) is 28.9 Å². The molecule has 0 heterocycles. The monoisotopic (exact) mass is 416 g/mol. The van der Waals surface area contributed by atoms with Crippen LogP contribution in [0.1, 0.15) is 33.8 Å². The van der Waals surface area contributed by atoms with Gasteiger partial charge in [-0.05, 0) is 17.0 Å². The van der Waals surface area contributed by atoms with Crippen LogP contribution in [0.15, 0.2) is 66.2 Å². The van der Waals surface area contributed by atoms with Crippen molar-refractivity contribution in [3.05, 3.63) is 82.9 Å². The van der Waals surface area contributed by atoms with Gasteiger partial charge in [-0.1, -0.05) is 54.6 Å². The molecule has 156 valence electrons. The number of ketones is 2. The third kappa shape index (κ3) is 3.36. The van der Waals surface area contributed by atoms with Crippen LogP contribution in [0, 0.1) is 0 Å². The molecule has 31 heavy (non-hydrogen) atoms. The van der Waals surface area contributed by atoms with Gasteiger partial charge in [-0.2, -0.15) is 0 Å². The molecule has 0 spiro atoms. The van der Waals surface area contributed by atoms with E-state index in [4.69, 9.17) is 9.47 Å². The summed E-state index contributed by atoms with van der Waals surface area (Å²) in [6.45, 7) is 0. The van der Waals surface area contributed by atoms with Crippen molar-refractivity contribution in [1.82, 2.24) is 0 Å². The number of carbonyl (C=O) groups excluding carboxylic acids is 3. The molecule has 3 aromatic rings. The lowest BCUT2D eigenvalue weighted by atomic mass is 9.77. The van der Waals surface area contributed by atoms with Crippen molar-refractivity contribution in [2.45, 2.75) is 12.3 Å². The highest BCUT2D eigenvalue weighted by Crippen LogP contribution is 2.42. The van der Waals surface area contributed by atoms with Crippen molar-refractivity contribution >= 4 is 34.1 Å². The Morgan fingerprint density at radius 2 is 1.52 bits per heavy atom. The summed E-state index contributed by atoms with van der Waals surface area (Å²) < 4.78 is 10.3. The molecule has 0 fully saturated rings. The van der Waals surface area contributed by atoms with Crippen molar-refractivity contribution in [2.75, 3.05) is 14.2 Å². The number of hydrogen-bond donors (Lipinski definition) is 1. The number of Topliss-reactive ketones (excluding diaryl/α,β-unsaturated/α-hetero) is 2. The number of rotatable bonds is 5. The van der Waals surface area contributed by atoms with Gasteiger partial charge in [0.25, 0.3) is 0 Å². The van der Waals surface area contributed by atoms with E-state index in [0.29, 0.717) is 11.3 Å². The summed E-state index contributed by atoms with van der Waals surface area (Å²) in [4.78, 5) is 38.2. The van der Waals surface area contributed by atoms with Crippen LogP contribution < -0.4 is 4.74 Å². The molecule has 1 unspecified atom stereocenters. The van der Waals surface area contributed by atoms with Gasteiger partial charge in [-0.25, -0.2) is 0 Å². The summed E-state index contributed by atoms with van der Waals surface area (Å²) in [5, 5.41) is 12.6. The Morgan fingerprint density at radius 3 is 2.19 bits per heavy atom. The molecule has 0 aliphatic heterocycles. The Labute approximate surface area is 178 Å². The number of fused-ring (bicyclic) bond motifs is 2. The van der Waals surface area contributed by atoms with Gasteiger partial charge in [0.15, 0.2) is 0 Å². The fraction of sp³-hybridized carbons (Fsp3) is 0.160. The van der Waals surface area contributed by atoms with Gasteiger partial charge >= 0.3 is 5.97 Å². The summed E-state index contributed by atoms with van der Waals surface area (Å²) in [5.41, 5.74) is 0.924. The van der Waals surface area contributed by atoms with E-state index in [9.17, 15) is 19.5 Å². The Hall–Kier alpha value is -3.93. The molecule has 0 radical (unpaired) electrons. The van der Waals surface area contributed by atoms with Crippen molar-refractivity contribution in [2.24, 2.45) is 0 Å². The summed E-state index contributed by atoms with van der Waals surface area (Å²) in [6, 6.07) is 17.3. The van der Waals surface area contributed by atoms with Crippen LogP contribution in [-0.2, 0) is 14.3 Å². The van der Waals surface area contributed by atoms with Gasteiger partial charge in [-0.15, -0.1) is 0 Å². The van der Waals surface area contributed by atoms with Crippen molar-refractivity contribution < 1.29 is 29.0 Å². The second kappa shape index (κ2) is 8.07. The molecular weight excluding hydrogens is 396 g/mol. The lowest BCUT2D eigenvalue weighted by molar-refractivity contribution is -0.140. The van der Waals surface area contributed by atoms with Crippen LogP contribution in [-0.4, -0.2) is 36.9 Å². The van der Waals surface area contributed by atoms with Gasteiger partial charge in [0.05, 0.1) is 26.2 Å².